The molecule has 1 aromatic carbocycles. The highest BCUT2D eigenvalue weighted by molar-refractivity contribution is 5.80. The molecule has 0 radical (unpaired) electrons. The number of pyridine rings is 1. The number of hydrogen-bond donors (Lipinski definition) is 0. The second kappa shape index (κ2) is 8.40. The van der Waals surface area contributed by atoms with Crippen molar-refractivity contribution >= 4 is 5.91 Å². The average molecular weight is 362 g/mol. The summed E-state index contributed by atoms with van der Waals surface area (Å²) in [5, 5.41) is 4.40. The lowest BCUT2D eigenvalue weighted by atomic mass is 10.2. The Balaban J connectivity index is 1.86. The van der Waals surface area contributed by atoms with Crippen LogP contribution in [0, 0.1) is 0 Å². The first-order valence-electron chi connectivity index (χ1n) is 8.93. The van der Waals surface area contributed by atoms with Crippen LogP contribution in [0.15, 0.2) is 71.8 Å². The van der Waals surface area contributed by atoms with E-state index >= 15 is 0 Å². The fourth-order valence-corrected chi connectivity index (χ4v) is 2.89. The summed E-state index contributed by atoms with van der Waals surface area (Å²) in [5.41, 5.74) is 2.14. The van der Waals surface area contributed by atoms with Gasteiger partial charge in [0.1, 0.15) is 6.04 Å². The van der Waals surface area contributed by atoms with E-state index in [1.54, 1.807) is 36.4 Å². The van der Waals surface area contributed by atoms with Crippen molar-refractivity contribution in [3.8, 4) is 11.3 Å². The van der Waals surface area contributed by atoms with Crippen molar-refractivity contribution in [2.45, 2.75) is 26.4 Å². The van der Waals surface area contributed by atoms with Gasteiger partial charge in [-0.2, -0.15) is 5.10 Å². The second-order valence-electron chi connectivity index (χ2n) is 6.26. The molecule has 3 rings (SSSR count). The third kappa shape index (κ3) is 4.28. The van der Waals surface area contributed by atoms with Gasteiger partial charge in [-0.1, -0.05) is 30.3 Å². The molecular formula is C21H22N4O2. The third-order valence-electron chi connectivity index (χ3n) is 4.42. The Hall–Kier alpha value is -3.28. The highest BCUT2D eigenvalue weighted by Crippen LogP contribution is 2.16. The number of likely N-dealkylation sites (N-methyl/N-ethyl adjacent to an activating group) is 1. The normalized spacial score (nSPS) is 11.8. The van der Waals surface area contributed by atoms with Crippen LogP contribution >= 0.6 is 0 Å². The number of amides is 1. The zero-order valence-corrected chi connectivity index (χ0v) is 15.4. The molecule has 1 amide bonds. The van der Waals surface area contributed by atoms with E-state index in [1.807, 2.05) is 43.3 Å². The summed E-state index contributed by atoms with van der Waals surface area (Å²) in [5.74, 6) is -0.140. The molecule has 27 heavy (non-hydrogen) atoms. The summed E-state index contributed by atoms with van der Waals surface area (Å²) < 4.78 is 1.25. The molecule has 1 atom stereocenters. The van der Waals surface area contributed by atoms with Crippen molar-refractivity contribution in [2.75, 3.05) is 6.54 Å². The summed E-state index contributed by atoms with van der Waals surface area (Å²) in [4.78, 5) is 31.1. The molecule has 3 aromatic rings. The lowest BCUT2D eigenvalue weighted by molar-refractivity contribution is -0.135. The monoisotopic (exact) mass is 362 g/mol. The summed E-state index contributed by atoms with van der Waals surface area (Å²) in [6.45, 7) is 4.68. The molecule has 0 fully saturated rings. The van der Waals surface area contributed by atoms with Crippen molar-refractivity contribution < 1.29 is 4.79 Å². The fraction of sp³-hybridized carbons (Fsp3) is 0.238. The molecule has 0 aliphatic rings. The highest BCUT2D eigenvalue weighted by atomic mass is 16.2. The lowest BCUT2D eigenvalue weighted by Crippen LogP contribution is -2.39. The van der Waals surface area contributed by atoms with Crippen LogP contribution in [0.5, 0.6) is 0 Å². The molecule has 6 nitrogen and oxygen atoms in total. The smallest absolute Gasteiger partial charge is 0.267 e. The number of carbonyl (C=O) groups excluding carboxylic acids is 1. The summed E-state index contributed by atoms with van der Waals surface area (Å²) in [6, 6.07) is 15.9. The number of carbonyl (C=O) groups is 1. The minimum Gasteiger partial charge on any atom is -0.337 e. The Labute approximate surface area is 158 Å². The predicted molar refractivity (Wildman–Crippen MR) is 104 cm³/mol. The minimum atomic E-state index is -0.696. The maximum atomic E-state index is 13.0. The van der Waals surface area contributed by atoms with Crippen LogP contribution in [0.2, 0.25) is 0 Å². The molecule has 0 bridgehead atoms. The number of nitrogens with zero attached hydrogens (tertiary/aromatic N) is 4. The second-order valence-corrected chi connectivity index (χ2v) is 6.26. The molecule has 0 spiro atoms. The number of benzene rings is 1. The van der Waals surface area contributed by atoms with E-state index in [0.717, 1.165) is 11.1 Å². The zero-order valence-electron chi connectivity index (χ0n) is 15.4. The van der Waals surface area contributed by atoms with Crippen LogP contribution < -0.4 is 5.56 Å². The lowest BCUT2D eigenvalue weighted by Gasteiger charge is -2.25. The maximum Gasteiger partial charge on any atom is 0.267 e. The number of hydrogen-bond acceptors (Lipinski definition) is 4. The molecule has 138 valence electrons. The van der Waals surface area contributed by atoms with Gasteiger partial charge in [0.15, 0.2) is 0 Å². The van der Waals surface area contributed by atoms with Crippen LogP contribution in [0.4, 0.5) is 0 Å². The Bertz CT molecular complexity index is 955. The molecule has 0 N–H and O–H groups in total. The summed E-state index contributed by atoms with van der Waals surface area (Å²) in [6.07, 6.45) is 3.35. The fourth-order valence-electron chi connectivity index (χ4n) is 2.89. The third-order valence-corrected chi connectivity index (χ3v) is 4.42. The van der Waals surface area contributed by atoms with Crippen molar-refractivity contribution in [2.24, 2.45) is 0 Å². The highest BCUT2D eigenvalue weighted by Gasteiger charge is 2.23. The van der Waals surface area contributed by atoms with E-state index in [0.29, 0.717) is 18.8 Å². The quantitative estimate of drug-likeness (QED) is 0.676. The van der Waals surface area contributed by atoms with E-state index in [1.165, 1.54) is 10.7 Å². The molecule has 6 heteroatoms. The van der Waals surface area contributed by atoms with Crippen molar-refractivity contribution in [3.63, 3.8) is 0 Å². The standard InChI is InChI=1S/C21H22N4O2/c1-3-24(15-17-8-5-4-6-9-17)21(27)16(2)25-20(26)12-11-19(23-25)18-10-7-13-22-14-18/h4-14,16H,3,15H2,1-2H3. The van der Waals surface area contributed by atoms with Crippen molar-refractivity contribution in [1.29, 1.82) is 0 Å². The average Bonchev–Trinajstić information content (AvgIpc) is 2.72. The van der Waals surface area contributed by atoms with Crippen LogP contribution in [0.3, 0.4) is 0 Å². The molecular weight excluding hydrogens is 340 g/mol. The van der Waals surface area contributed by atoms with Gasteiger partial charge in [0.05, 0.1) is 5.69 Å². The van der Waals surface area contributed by atoms with E-state index in [4.69, 9.17) is 0 Å². The first-order valence-corrected chi connectivity index (χ1v) is 8.93. The first kappa shape index (κ1) is 18.5. The van der Waals surface area contributed by atoms with Gasteiger partial charge < -0.3 is 4.90 Å². The zero-order chi connectivity index (χ0) is 19.2. The Morgan fingerprint density at radius 2 is 1.89 bits per heavy atom. The van der Waals surface area contributed by atoms with E-state index in [2.05, 4.69) is 10.1 Å². The largest absolute Gasteiger partial charge is 0.337 e. The van der Waals surface area contributed by atoms with E-state index in [9.17, 15) is 9.59 Å². The van der Waals surface area contributed by atoms with Gasteiger partial charge in [-0.15, -0.1) is 0 Å². The Morgan fingerprint density at radius 3 is 2.56 bits per heavy atom. The van der Waals surface area contributed by atoms with Crippen LogP contribution in [0.1, 0.15) is 25.5 Å². The molecule has 2 aromatic heterocycles. The molecule has 0 aliphatic heterocycles. The predicted octanol–water partition coefficient (Wildman–Crippen LogP) is 2.92. The molecule has 2 heterocycles. The molecule has 1 unspecified atom stereocenters. The Morgan fingerprint density at radius 1 is 1.11 bits per heavy atom. The first-order chi connectivity index (χ1) is 13.1. The van der Waals surface area contributed by atoms with Crippen molar-refractivity contribution in [3.05, 3.63) is 82.9 Å². The van der Waals surface area contributed by atoms with Crippen molar-refractivity contribution in [1.82, 2.24) is 19.7 Å². The van der Waals surface area contributed by atoms with E-state index < -0.39 is 6.04 Å². The minimum absolute atomic E-state index is 0.140. The van der Waals surface area contributed by atoms with Crippen LogP contribution in [-0.2, 0) is 11.3 Å². The summed E-state index contributed by atoms with van der Waals surface area (Å²) in [7, 11) is 0. The van der Waals surface area contributed by atoms with Crippen LogP contribution in [-0.4, -0.2) is 32.1 Å². The molecule has 0 saturated carbocycles. The van der Waals surface area contributed by atoms with E-state index in [-0.39, 0.29) is 11.5 Å². The molecule has 0 saturated heterocycles. The molecule has 0 aliphatic carbocycles. The SMILES string of the molecule is CCN(Cc1ccccc1)C(=O)C(C)n1nc(-c2cccnc2)ccc1=O. The maximum absolute atomic E-state index is 13.0. The topological polar surface area (TPSA) is 68.1 Å². The van der Waals surface area contributed by atoms with Gasteiger partial charge in [-0.05, 0) is 37.6 Å². The van der Waals surface area contributed by atoms with Gasteiger partial charge in [-0.25, -0.2) is 4.68 Å². The Kier molecular flexibility index (Phi) is 5.76. The number of rotatable bonds is 6. The van der Waals surface area contributed by atoms with Gasteiger partial charge in [0.2, 0.25) is 5.91 Å². The van der Waals surface area contributed by atoms with Gasteiger partial charge in [0.25, 0.3) is 5.56 Å². The van der Waals surface area contributed by atoms with Gasteiger partial charge >= 0.3 is 0 Å². The van der Waals surface area contributed by atoms with Gasteiger partial charge in [0, 0.05) is 37.1 Å². The summed E-state index contributed by atoms with van der Waals surface area (Å²) >= 11 is 0. The number of aromatic nitrogens is 3. The van der Waals surface area contributed by atoms with Crippen LogP contribution in [0.25, 0.3) is 11.3 Å². The van der Waals surface area contributed by atoms with Gasteiger partial charge in [-0.3, -0.25) is 14.6 Å².